The van der Waals surface area contributed by atoms with Crippen LogP contribution < -0.4 is 20.2 Å². The number of aromatic nitrogens is 3. The van der Waals surface area contributed by atoms with Gasteiger partial charge in [-0.1, -0.05) is 37.3 Å². The van der Waals surface area contributed by atoms with Gasteiger partial charge in [0.15, 0.2) is 0 Å². The van der Waals surface area contributed by atoms with E-state index in [0.29, 0.717) is 6.61 Å². The molecule has 1 fully saturated rings. The van der Waals surface area contributed by atoms with E-state index in [9.17, 15) is 4.79 Å². The number of ether oxygens (including phenoxy) is 2. The molecule has 0 spiro atoms. The van der Waals surface area contributed by atoms with Crippen LogP contribution in [0.2, 0.25) is 0 Å². The van der Waals surface area contributed by atoms with Gasteiger partial charge in [-0.25, -0.2) is 14.0 Å². The van der Waals surface area contributed by atoms with E-state index in [2.05, 4.69) is 46.1 Å². The van der Waals surface area contributed by atoms with Gasteiger partial charge in [0, 0.05) is 37.6 Å². The van der Waals surface area contributed by atoms with E-state index < -0.39 is 0 Å². The number of nitrogens with zero attached hydrogens (tertiary/aromatic N) is 5. The summed E-state index contributed by atoms with van der Waals surface area (Å²) in [4.78, 5) is 18.1. The van der Waals surface area contributed by atoms with Crippen LogP contribution in [0, 0.1) is 0 Å². The quantitative estimate of drug-likeness (QED) is 0.292. The number of benzene rings is 3. The molecular formula is C31H37N5O3. The molecule has 0 N–H and O–H groups in total. The van der Waals surface area contributed by atoms with Gasteiger partial charge < -0.3 is 19.3 Å². The van der Waals surface area contributed by atoms with Crippen molar-refractivity contribution in [3.8, 4) is 11.4 Å². The van der Waals surface area contributed by atoms with E-state index in [1.165, 1.54) is 5.69 Å². The summed E-state index contributed by atoms with van der Waals surface area (Å²) in [6, 6.07) is 26.3. The fraction of sp³-hybridized carbons (Fsp3) is 0.355. The van der Waals surface area contributed by atoms with Crippen molar-refractivity contribution in [2.45, 2.75) is 39.0 Å². The van der Waals surface area contributed by atoms with Crippen molar-refractivity contribution >= 4 is 11.4 Å². The number of piperazine rings is 1. The molecule has 2 atom stereocenters. The van der Waals surface area contributed by atoms with Crippen LogP contribution in [0.3, 0.4) is 0 Å². The highest BCUT2D eigenvalue weighted by molar-refractivity contribution is 5.54. The Morgan fingerprint density at radius 2 is 1.38 bits per heavy atom. The molecule has 204 valence electrons. The molecule has 2 heterocycles. The molecule has 0 amide bonds. The van der Waals surface area contributed by atoms with Crippen LogP contribution in [-0.4, -0.2) is 53.7 Å². The average Bonchev–Trinajstić information content (AvgIpc) is 3.38. The maximum atomic E-state index is 13.3. The van der Waals surface area contributed by atoms with Crippen LogP contribution >= 0.6 is 0 Å². The second-order valence-corrected chi connectivity index (χ2v) is 9.89. The summed E-state index contributed by atoms with van der Waals surface area (Å²) in [5.41, 5.74) is 4.13. The van der Waals surface area contributed by atoms with Crippen molar-refractivity contribution < 1.29 is 9.47 Å². The van der Waals surface area contributed by atoms with Gasteiger partial charge in [-0.3, -0.25) is 0 Å². The lowest BCUT2D eigenvalue weighted by Crippen LogP contribution is -2.46. The van der Waals surface area contributed by atoms with Crippen LogP contribution in [-0.2, 0) is 11.3 Å². The second kappa shape index (κ2) is 12.2. The summed E-state index contributed by atoms with van der Waals surface area (Å²) < 4.78 is 14.6. The van der Waals surface area contributed by atoms with Crippen molar-refractivity contribution in [1.29, 1.82) is 0 Å². The summed E-state index contributed by atoms with van der Waals surface area (Å²) in [5, 5.41) is 4.46. The highest BCUT2D eigenvalue weighted by Gasteiger charge is 2.23. The summed E-state index contributed by atoms with van der Waals surface area (Å²) in [7, 11) is 1.69. The molecule has 1 aromatic heterocycles. The van der Waals surface area contributed by atoms with Gasteiger partial charge in [-0.2, -0.15) is 5.10 Å². The van der Waals surface area contributed by atoms with Crippen molar-refractivity contribution in [2.75, 3.05) is 43.1 Å². The van der Waals surface area contributed by atoms with Crippen molar-refractivity contribution in [3.05, 3.63) is 101 Å². The highest BCUT2D eigenvalue weighted by atomic mass is 16.5. The molecule has 1 saturated heterocycles. The number of anilines is 2. The molecule has 0 bridgehead atoms. The van der Waals surface area contributed by atoms with E-state index >= 15 is 0 Å². The van der Waals surface area contributed by atoms with Gasteiger partial charge in [0.05, 0.1) is 31.5 Å². The Labute approximate surface area is 230 Å². The molecule has 8 heteroatoms. The Morgan fingerprint density at radius 1 is 0.821 bits per heavy atom. The van der Waals surface area contributed by atoms with E-state index in [4.69, 9.17) is 9.47 Å². The third-order valence-corrected chi connectivity index (χ3v) is 7.53. The lowest BCUT2D eigenvalue weighted by atomic mass is 10.1. The maximum absolute atomic E-state index is 13.3. The Morgan fingerprint density at radius 3 is 1.95 bits per heavy atom. The lowest BCUT2D eigenvalue weighted by Gasteiger charge is -2.37. The SMILES string of the molecule is CC[C@@H]([C@H](C)OCc1ccccc1)n1ncn(-c2ccc(N3CCN(c4ccc(OC)cc4)CC3)cc2)c1=O. The number of hydrogen-bond donors (Lipinski definition) is 0. The van der Waals surface area contributed by atoms with Crippen molar-refractivity contribution in [2.24, 2.45) is 0 Å². The topological polar surface area (TPSA) is 64.8 Å². The van der Waals surface area contributed by atoms with Crippen LogP contribution in [0.4, 0.5) is 11.4 Å². The standard InChI is InChI=1S/C31H37N5O3/c1-4-30(24(2)39-22-25-8-6-5-7-9-25)36-31(37)35(23-32-36)28-12-10-26(11-13-28)33-18-20-34(21-19-33)27-14-16-29(38-3)17-15-27/h5-17,23-24,30H,4,18-22H2,1-3H3/t24-,30-/m0/s1. The normalized spacial score (nSPS) is 15.3. The molecule has 39 heavy (non-hydrogen) atoms. The van der Waals surface area contributed by atoms with E-state index in [-0.39, 0.29) is 17.8 Å². The van der Waals surface area contributed by atoms with Crippen molar-refractivity contribution in [1.82, 2.24) is 14.3 Å². The van der Waals surface area contributed by atoms with Crippen LogP contribution in [0.5, 0.6) is 5.75 Å². The molecule has 3 aromatic carbocycles. The molecule has 1 aliphatic heterocycles. The minimum atomic E-state index is -0.157. The van der Waals surface area contributed by atoms with Gasteiger partial charge in [-0.15, -0.1) is 0 Å². The zero-order valence-electron chi connectivity index (χ0n) is 22.9. The first-order valence-corrected chi connectivity index (χ1v) is 13.6. The molecule has 1 aliphatic rings. The molecule has 4 aromatic rings. The molecular weight excluding hydrogens is 490 g/mol. The van der Waals surface area contributed by atoms with E-state index in [1.54, 1.807) is 22.7 Å². The maximum Gasteiger partial charge on any atom is 0.350 e. The molecule has 0 aliphatic carbocycles. The summed E-state index contributed by atoms with van der Waals surface area (Å²) in [6.07, 6.45) is 2.20. The Kier molecular flexibility index (Phi) is 8.32. The number of rotatable bonds is 10. The fourth-order valence-electron chi connectivity index (χ4n) is 5.18. The molecule has 0 unspecified atom stereocenters. The second-order valence-electron chi connectivity index (χ2n) is 9.89. The van der Waals surface area contributed by atoms with Gasteiger partial charge in [0.2, 0.25) is 0 Å². The van der Waals surface area contributed by atoms with E-state index in [0.717, 1.165) is 55.3 Å². The summed E-state index contributed by atoms with van der Waals surface area (Å²) in [5.74, 6) is 0.873. The van der Waals surface area contributed by atoms with Crippen LogP contribution in [0.15, 0.2) is 90.0 Å². The predicted molar refractivity (Wildman–Crippen MR) is 155 cm³/mol. The average molecular weight is 528 g/mol. The Hall–Kier alpha value is -4.04. The molecule has 8 nitrogen and oxygen atoms in total. The first-order chi connectivity index (χ1) is 19.1. The predicted octanol–water partition coefficient (Wildman–Crippen LogP) is 4.93. The fourth-order valence-corrected chi connectivity index (χ4v) is 5.18. The zero-order chi connectivity index (χ0) is 27.2. The Balaban J connectivity index is 1.21. The largest absolute Gasteiger partial charge is 0.497 e. The zero-order valence-corrected chi connectivity index (χ0v) is 22.9. The van der Waals surface area contributed by atoms with Gasteiger partial charge in [-0.05, 0) is 67.4 Å². The minimum Gasteiger partial charge on any atom is -0.497 e. The smallest absolute Gasteiger partial charge is 0.350 e. The Bertz CT molecular complexity index is 1370. The minimum absolute atomic E-state index is 0.149. The molecule has 0 radical (unpaired) electrons. The third-order valence-electron chi connectivity index (χ3n) is 7.53. The van der Waals surface area contributed by atoms with E-state index in [1.807, 2.05) is 61.5 Å². The summed E-state index contributed by atoms with van der Waals surface area (Å²) in [6.45, 7) is 8.33. The van der Waals surface area contributed by atoms with Gasteiger partial charge in [0.1, 0.15) is 12.1 Å². The molecule has 0 saturated carbocycles. The van der Waals surface area contributed by atoms with Crippen LogP contribution in [0.25, 0.3) is 5.69 Å². The number of hydrogen-bond acceptors (Lipinski definition) is 6. The van der Waals surface area contributed by atoms with Gasteiger partial charge in [0.25, 0.3) is 0 Å². The van der Waals surface area contributed by atoms with Crippen LogP contribution in [0.1, 0.15) is 31.9 Å². The van der Waals surface area contributed by atoms with Crippen molar-refractivity contribution in [3.63, 3.8) is 0 Å². The third kappa shape index (κ3) is 6.01. The monoisotopic (exact) mass is 527 g/mol. The van der Waals surface area contributed by atoms with Gasteiger partial charge >= 0.3 is 5.69 Å². The number of methoxy groups -OCH3 is 1. The highest BCUT2D eigenvalue weighted by Crippen LogP contribution is 2.24. The first-order valence-electron chi connectivity index (χ1n) is 13.6. The first kappa shape index (κ1) is 26.6. The summed E-state index contributed by atoms with van der Waals surface area (Å²) >= 11 is 0. The lowest BCUT2D eigenvalue weighted by molar-refractivity contribution is 0.0117. The molecule has 5 rings (SSSR count).